The van der Waals surface area contributed by atoms with Gasteiger partial charge in [-0.25, -0.2) is 0 Å². The van der Waals surface area contributed by atoms with Crippen LogP contribution >= 0.6 is 7.82 Å². The minimum Gasteiger partial charge on any atom is -0.756 e. The normalized spacial score (nSPS) is 14.0. The highest BCUT2D eigenvalue weighted by Gasteiger charge is 2.22. The third-order valence-corrected chi connectivity index (χ3v) is 16.3. The van der Waals surface area contributed by atoms with Crippen LogP contribution in [0.3, 0.4) is 0 Å². The Kier molecular flexibility index (Phi) is 66.1. The van der Waals surface area contributed by atoms with Gasteiger partial charge in [-0.15, -0.1) is 0 Å². The second kappa shape index (κ2) is 69.2. The van der Waals surface area contributed by atoms with Gasteiger partial charge in [-0.1, -0.05) is 314 Å². The smallest absolute Gasteiger partial charge is 0.306 e. The Bertz CT molecular complexity index is 2030. The fraction of sp³-hybridized carbons (Fsp3) is 0.675. The van der Waals surface area contributed by atoms with Crippen LogP contribution in [0.4, 0.5) is 0 Å². The average molecular weight is 1270 g/mol. The van der Waals surface area contributed by atoms with E-state index in [1.165, 1.54) is 141 Å². The van der Waals surface area contributed by atoms with Crippen LogP contribution < -0.4 is 4.89 Å². The first-order valence-corrected chi connectivity index (χ1v) is 38.0. The Morgan fingerprint density at radius 1 is 0.344 bits per heavy atom. The van der Waals surface area contributed by atoms with E-state index in [4.69, 9.17) is 18.5 Å². The maximum Gasteiger partial charge on any atom is 0.306 e. The molecule has 0 aromatic rings. The zero-order valence-electron chi connectivity index (χ0n) is 58.5. The van der Waals surface area contributed by atoms with Crippen LogP contribution in [0.15, 0.2) is 146 Å². The van der Waals surface area contributed by atoms with E-state index in [1.54, 1.807) is 0 Å². The molecule has 0 heterocycles. The van der Waals surface area contributed by atoms with Crippen LogP contribution in [0, 0.1) is 0 Å². The molecule has 9 nitrogen and oxygen atoms in total. The molecule has 0 aliphatic heterocycles. The van der Waals surface area contributed by atoms with Crippen molar-refractivity contribution in [1.29, 1.82) is 0 Å². The Hall–Kier alpha value is -4.11. The molecule has 2 unspecified atom stereocenters. The third-order valence-electron chi connectivity index (χ3n) is 15.4. The predicted molar refractivity (Wildman–Crippen MR) is 387 cm³/mol. The number of rotatable bonds is 66. The summed E-state index contributed by atoms with van der Waals surface area (Å²) in [5.74, 6) is -0.837. The molecule has 0 fully saturated rings. The Labute approximate surface area is 554 Å². The van der Waals surface area contributed by atoms with Gasteiger partial charge in [-0.05, 0) is 116 Å². The van der Waals surface area contributed by atoms with Crippen LogP contribution in [-0.2, 0) is 32.7 Å². The number of quaternary nitrogens is 1. The number of phosphoric ester groups is 1. The maximum atomic E-state index is 12.9. The molecule has 514 valence electrons. The van der Waals surface area contributed by atoms with Crippen molar-refractivity contribution in [2.75, 3.05) is 47.5 Å². The molecule has 0 aliphatic rings. The summed E-state index contributed by atoms with van der Waals surface area (Å²) in [5.41, 5.74) is 0. The first-order valence-electron chi connectivity index (χ1n) is 36.5. The zero-order valence-corrected chi connectivity index (χ0v) is 59.4. The van der Waals surface area contributed by atoms with E-state index >= 15 is 0 Å². The van der Waals surface area contributed by atoms with Crippen molar-refractivity contribution in [1.82, 2.24) is 0 Å². The summed E-state index contributed by atoms with van der Waals surface area (Å²) in [7, 11) is 1.16. The van der Waals surface area contributed by atoms with E-state index in [-0.39, 0.29) is 32.0 Å². The molecule has 0 N–H and O–H groups in total. The quantitative estimate of drug-likeness (QED) is 0.0195. The monoisotopic (exact) mass is 1270 g/mol. The lowest BCUT2D eigenvalue weighted by Crippen LogP contribution is -2.37. The highest BCUT2D eigenvalue weighted by Crippen LogP contribution is 2.38. The van der Waals surface area contributed by atoms with Gasteiger partial charge in [-0.3, -0.25) is 14.2 Å². The van der Waals surface area contributed by atoms with Gasteiger partial charge >= 0.3 is 11.9 Å². The summed E-state index contributed by atoms with van der Waals surface area (Å²) in [4.78, 5) is 38.1. The Morgan fingerprint density at radius 3 is 0.889 bits per heavy atom. The molecule has 2 atom stereocenters. The molecule has 0 aromatic carbocycles. The Balaban J connectivity index is 4.07. The van der Waals surface area contributed by atoms with Crippen LogP contribution in [-0.4, -0.2) is 70.0 Å². The van der Waals surface area contributed by atoms with Crippen LogP contribution in [0.2, 0.25) is 0 Å². The number of esters is 2. The standard InChI is InChI=1S/C80H136NO8P/c1-6-8-10-12-14-16-18-20-22-24-26-28-30-32-34-36-38-39-40-41-43-45-47-49-51-53-55-57-59-61-63-65-67-69-71-73-80(83)89-78(77-88-90(84,85)87-75-74-81(3,4)5)76-86-79(82)72-70-68-66-64-62-60-58-56-54-52-50-48-46-44-42-37-35-33-31-29-27-25-23-21-19-17-15-13-11-9-7-2/h8-11,14-17,20-23,26-29,32,34,38-39,41,43,47,49,78H,6-7,12-13,18-19,24-25,30-31,33,35-37,40,42,44-46,48,50-77H2,1-5H3/b10-8-,11-9-,16-14-,17-15-,22-20-,23-21-,28-26-,29-27-,34-32-,39-38-,43-41-,49-47-. The second-order valence-electron chi connectivity index (χ2n) is 25.2. The molecule has 0 saturated carbocycles. The summed E-state index contributed by atoms with van der Waals surface area (Å²) in [6, 6.07) is 0. The summed E-state index contributed by atoms with van der Waals surface area (Å²) in [5, 5.41) is 0. The lowest BCUT2D eigenvalue weighted by atomic mass is 10.0. The van der Waals surface area contributed by atoms with Gasteiger partial charge in [0, 0.05) is 12.8 Å². The molecular weight excluding hydrogens is 1130 g/mol. The van der Waals surface area contributed by atoms with Crippen molar-refractivity contribution in [2.45, 2.75) is 302 Å². The number of hydrogen-bond donors (Lipinski definition) is 0. The topological polar surface area (TPSA) is 111 Å². The molecule has 10 heteroatoms. The van der Waals surface area contributed by atoms with Crippen LogP contribution in [0.1, 0.15) is 296 Å². The van der Waals surface area contributed by atoms with Crippen molar-refractivity contribution in [3.05, 3.63) is 146 Å². The number of nitrogens with zero attached hydrogens (tertiary/aromatic N) is 1. The van der Waals surface area contributed by atoms with E-state index in [0.717, 1.165) is 122 Å². The number of carbonyl (C=O) groups excluding carboxylic acids is 2. The van der Waals surface area contributed by atoms with Gasteiger partial charge in [0.2, 0.25) is 0 Å². The summed E-state index contributed by atoms with van der Waals surface area (Å²) < 4.78 is 34.4. The summed E-state index contributed by atoms with van der Waals surface area (Å²) in [6.07, 6.45) is 102. The fourth-order valence-corrected chi connectivity index (χ4v) is 10.6. The molecule has 0 bridgehead atoms. The highest BCUT2D eigenvalue weighted by molar-refractivity contribution is 7.45. The van der Waals surface area contributed by atoms with Gasteiger partial charge in [0.15, 0.2) is 6.10 Å². The number of unbranched alkanes of at least 4 members (excludes halogenated alkanes) is 28. The van der Waals surface area contributed by atoms with Gasteiger partial charge in [0.05, 0.1) is 27.7 Å². The van der Waals surface area contributed by atoms with E-state index < -0.39 is 26.5 Å². The van der Waals surface area contributed by atoms with Gasteiger partial charge in [0.1, 0.15) is 19.8 Å². The average Bonchev–Trinajstić information content (AvgIpc) is 3.61. The number of likely N-dealkylation sites (N-methyl/N-ethyl adjacent to an activating group) is 1. The minimum absolute atomic E-state index is 0.0371. The van der Waals surface area contributed by atoms with Crippen molar-refractivity contribution >= 4 is 19.8 Å². The summed E-state index contributed by atoms with van der Waals surface area (Å²) >= 11 is 0. The van der Waals surface area contributed by atoms with E-state index in [9.17, 15) is 19.0 Å². The van der Waals surface area contributed by atoms with Crippen molar-refractivity contribution in [2.24, 2.45) is 0 Å². The number of hydrogen-bond acceptors (Lipinski definition) is 8. The van der Waals surface area contributed by atoms with E-state index in [2.05, 4.69) is 160 Å². The Morgan fingerprint density at radius 2 is 0.600 bits per heavy atom. The second-order valence-corrected chi connectivity index (χ2v) is 26.6. The van der Waals surface area contributed by atoms with Crippen LogP contribution in [0.5, 0.6) is 0 Å². The number of allylic oxidation sites excluding steroid dienone is 24. The lowest BCUT2D eigenvalue weighted by molar-refractivity contribution is -0.870. The van der Waals surface area contributed by atoms with Gasteiger partial charge in [0.25, 0.3) is 7.82 Å². The van der Waals surface area contributed by atoms with E-state index in [0.29, 0.717) is 17.4 Å². The first kappa shape index (κ1) is 85.9. The molecule has 0 spiro atoms. The molecule has 90 heavy (non-hydrogen) atoms. The van der Waals surface area contributed by atoms with Crippen molar-refractivity contribution < 1.29 is 42.1 Å². The molecule has 0 saturated heterocycles. The lowest BCUT2D eigenvalue weighted by Gasteiger charge is -2.28. The number of phosphoric acid groups is 1. The largest absolute Gasteiger partial charge is 0.756 e. The van der Waals surface area contributed by atoms with Crippen LogP contribution in [0.25, 0.3) is 0 Å². The first-order chi connectivity index (χ1) is 44.0. The molecule has 0 radical (unpaired) electrons. The SMILES string of the molecule is CC/C=C\C/C=C\C/C=C\C/C=C\C/C=C\C/C=C\C/C=C\C/C=C\CCCCCCCCCCCCC(=O)OC(COC(=O)CCCCCCCCCCCCCCCCCCCC/C=C\C/C=C\C/C=C\C/C=C\CC)COP(=O)([O-])OCC[N+](C)(C)C. The highest BCUT2D eigenvalue weighted by atomic mass is 31.2. The third kappa shape index (κ3) is 72.9. The molecular formula is C80H136NO8P. The number of carbonyl (C=O) groups is 2. The molecule has 0 aliphatic carbocycles. The van der Waals surface area contributed by atoms with Crippen molar-refractivity contribution in [3.8, 4) is 0 Å². The fourth-order valence-electron chi connectivity index (χ4n) is 9.84. The molecule has 0 rings (SSSR count). The van der Waals surface area contributed by atoms with Gasteiger partial charge < -0.3 is 27.9 Å². The minimum atomic E-state index is -4.65. The zero-order chi connectivity index (χ0) is 65.5. The predicted octanol–water partition coefficient (Wildman–Crippen LogP) is 23.5. The molecule has 0 amide bonds. The van der Waals surface area contributed by atoms with Crippen molar-refractivity contribution in [3.63, 3.8) is 0 Å². The molecule has 0 aromatic heterocycles. The number of ether oxygens (including phenoxy) is 2. The maximum absolute atomic E-state index is 12.9. The van der Waals surface area contributed by atoms with E-state index in [1.807, 2.05) is 21.1 Å². The summed E-state index contributed by atoms with van der Waals surface area (Å²) in [6.45, 7) is 4.02. The van der Waals surface area contributed by atoms with Gasteiger partial charge in [-0.2, -0.15) is 0 Å².